The van der Waals surface area contributed by atoms with E-state index in [9.17, 15) is 14.4 Å². The van der Waals surface area contributed by atoms with Gasteiger partial charge in [0, 0.05) is 69.2 Å². The van der Waals surface area contributed by atoms with Crippen molar-refractivity contribution in [3.05, 3.63) is 77.9 Å². The highest BCUT2D eigenvalue weighted by molar-refractivity contribution is 6.04. The molecule has 188 valence electrons. The van der Waals surface area contributed by atoms with E-state index >= 15 is 0 Å². The molecule has 0 bridgehead atoms. The van der Waals surface area contributed by atoms with Gasteiger partial charge in [0.15, 0.2) is 0 Å². The molecule has 2 aromatic carbocycles. The number of rotatable bonds is 5. The fourth-order valence-electron chi connectivity index (χ4n) is 4.87. The Balaban J connectivity index is 0.00000304. The summed E-state index contributed by atoms with van der Waals surface area (Å²) < 4.78 is 20.4. The van der Waals surface area contributed by atoms with E-state index in [2.05, 4.69) is 21.2 Å². The molecular formula is C27H30FN5O3. The molecule has 0 radical (unpaired) electrons. The first-order valence-electron chi connectivity index (χ1n) is 12.0. The molecule has 36 heavy (non-hydrogen) atoms. The Hall–Kier alpha value is -3.71. The van der Waals surface area contributed by atoms with Crippen molar-refractivity contribution in [3.63, 3.8) is 0 Å². The molecule has 2 fully saturated rings. The summed E-state index contributed by atoms with van der Waals surface area (Å²) >= 11 is 0. The van der Waals surface area contributed by atoms with Crippen LogP contribution in [0.3, 0.4) is 0 Å². The fraction of sp³-hybridized carbons (Fsp3) is 0.333. The van der Waals surface area contributed by atoms with Gasteiger partial charge >= 0.3 is 0 Å². The van der Waals surface area contributed by atoms with E-state index in [1.807, 2.05) is 12.1 Å². The lowest BCUT2D eigenvalue weighted by Gasteiger charge is -2.41. The lowest BCUT2D eigenvalue weighted by molar-refractivity contribution is 0.0321. The molecule has 0 saturated carbocycles. The fourth-order valence-corrected chi connectivity index (χ4v) is 4.87. The van der Waals surface area contributed by atoms with E-state index in [0.29, 0.717) is 22.9 Å². The van der Waals surface area contributed by atoms with E-state index in [4.69, 9.17) is 4.74 Å². The van der Waals surface area contributed by atoms with Crippen LogP contribution in [-0.2, 0) is 4.74 Å². The SMILES string of the molecule is N#Cc1cc(NC(=O)c2ccn(-c3ccc(F)cc3)c2)ccc1N1CCN(C2CCOCC2)CC1.O. The Labute approximate surface area is 209 Å². The average Bonchev–Trinajstić information content (AvgIpc) is 3.40. The number of carbonyl (C=O) groups is 1. The van der Waals surface area contributed by atoms with E-state index < -0.39 is 0 Å². The maximum absolute atomic E-state index is 13.2. The highest BCUT2D eigenvalue weighted by atomic mass is 19.1. The molecule has 0 spiro atoms. The molecule has 2 saturated heterocycles. The van der Waals surface area contributed by atoms with Gasteiger partial charge in [-0.1, -0.05) is 0 Å². The molecule has 2 aliphatic rings. The molecule has 5 rings (SSSR count). The van der Waals surface area contributed by atoms with Gasteiger partial charge in [-0.25, -0.2) is 4.39 Å². The number of hydrogen-bond donors (Lipinski definition) is 1. The summed E-state index contributed by atoms with van der Waals surface area (Å²) in [6.45, 7) is 5.36. The molecule has 0 aliphatic carbocycles. The lowest BCUT2D eigenvalue weighted by Crippen LogP contribution is -2.51. The minimum atomic E-state index is -0.309. The third-order valence-electron chi connectivity index (χ3n) is 6.82. The zero-order valence-corrected chi connectivity index (χ0v) is 20.0. The van der Waals surface area contributed by atoms with Crippen molar-refractivity contribution in [1.82, 2.24) is 9.47 Å². The average molecular weight is 492 g/mol. The highest BCUT2D eigenvalue weighted by Crippen LogP contribution is 2.27. The van der Waals surface area contributed by atoms with Crippen LogP contribution in [0.15, 0.2) is 60.9 Å². The normalized spacial score (nSPS) is 16.7. The molecule has 1 aromatic heterocycles. The molecule has 8 nitrogen and oxygen atoms in total. The molecular weight excluding hydrogens is 461 g/mol. The second-order valence-electron chi connectivity index (χ2n) is 8.95. The lowest BCUT2D eigenvalue weighted by atomic mass is 10.1. The van der Waals surface area contributed by atoms with Gasteiger partial charge in [0.25, 0.3) is 5.91 Å². The van der Waals surface area contributed by atoms with Crippen molar-refractivity contribution in [2.75, 3.05) is 49.6 Å². The molecule has 0 unspecified atom stereocenters. The van der Waals surface area contributed by atoms with Gasteiger partial charge in [-0.15, -0.1) is 0 Å². The van der Waals surface area contributed by atoms with Crippen molar-refractivity contribution in [1.29, 1.82) is 5.26 Å². The number of halogens is 1. The molecule has 0 atom stereocenters. The van der Waals surface area contributed by atoms with Crippen molar-refractivity contribution in [3.8, 4) is 11.8 Å². The van der Waals surface area contributed by atoms with Crippen LogP contribution in [0.2, 0.25) is 0 Å². The number of amides is 1. The number of anilines is 2. The molecule has 9 heteroatoms. The first-order chi connectivity index (χ1) is 17.1. The molecule has 3 heterocycles. The number of ether oxygens (including phenoxy) is 1. The maximum atomic E-state index is 13.2. The number of hydrogen-bond acceptors (Lipinski definition) is 5. The Morgan fingerprint density at radius 2 is 1.75 bits per heavy atom. The van der Waals surface area contributed by atoms with E-state index in [-0.39, 0.29) is 17.2 Å². The Morgan fingerprint density at radius 1 is 1.03 bits per heavy atom. The molecule has 3 aromatic rings. The van der Waals surface area contributed by atoms with Gasteiger partial charge in [0.1, 0.15) is 11.9 Å². The molecule has 1 amide bonds. The predicted molar refractivity (Wildman–Crippen MR) is 136 cm³/mol. The number of aromatic nitrogens is 1. The number of piperazine rings is 1. The van der Waals surface area contributed by atoms with E-state index in [1.165, 1.54) is 12.1 Å². The third kappa shape index (κ3) is 5.57. The standard InChI is InChI=1S/C27H28FN5O2.H2O/c28-22-1-4-24(5-2-22)33-10-7-20(19-33)27(34)30-23-3-6-26(21(17-23)18-29)32-13-11-31(12-14-32)25-8-15-35-16-9-25;/h1-7,10,17,19,25H,8-9,11-16H2,(H,30,34);1H2. The topological polar surface area (TPSA) is 105 Å². The number of nitriles is 1. The predicted octanol–water partition coefficient (Wildman–Crippen LogP) is 3.22. The second-order valence-corrected chi connectivity index (χ2v) is 8.95. The zero-order chi connectivity index (χ0) is 24.2. The van der Waals surface area contributed by atoms with Crippen molar-refractivity contribution in [2.45, 2.75) is 18.9 Å². The van der Waals surface area contributed by atoms with Gasteiger partial charge in [-0.2, -0.15) is 5.26 Å². The van der Waals surface area contributed by atoms with Crippen LogP contribution in [-0.4, -0.2) is 66.3 Å². The second kappa shape index (κ2) is 11.4. The minimum absolute atomic E-state index is 0. The summed E-state index contributed by atoms with van der Waals surface area (Å²) in [6, 6.07) is 16.1. The largest absolute Gasteiger partial charge is 0.412 e. The van der Waals surface area contributed by atoms with Crippen LogP contribution < -0.4 is 10.2 Å². The third-order valence-corrected chi connectivity index (χ3v) is 6.82. The Morgan fingerprint density at radius 3 is 2.44 bits per heavy atom. The zero-order valence-electron chi connectivity index (χ0n) is 20.0. The van der Waals surface area contributed by atoms with Gasteiger partial charge in [0.2, 0.25) is 0 Å². The molecule has 2 aliphatic heterocycles. The van der Waals surface area contributed by atoms with Crippen LogP contribution in [0.1, 0.15) is 28.8 Å². The quantitative estimate of drug-likeness (QED) is 0.590. The summed E-state index contributed by atoms with van der Waals surface area (Å²) in [5, 5.41) is 12.7. The van der Waals surface area contributed by atoms with E-state index in [1.54, 1.807) is 41.2 Å². The van der Waals surface area contributed by atoms with Crippen LogP contribution >= 0.6 is 0 Å². The van der Waals surface area contributed by atoms with E-state index in [0.717, 1.165) is 63.6 Å². The van der Waals surface area contributed by atoms with Crippen molar-refractivity contribution >= 4 is 17.3 Å². The summed E-state index contributed by atoms with van der Waals surface area (Å²) in [6.07, 6.45) is 5.63. The van der Waals surface area contributed by atoms with Crippen LogP contribution in [0.25, 0.3) is 5.69 Å². The monoisotopic (exact) mass is 491 g/mol. The van der Waals surface area contributed by atoms with Crippen molar-refractivity contribution in [2.24, 2.45) is 0 Å². The summed E-state index contributed by atoms with van der Waals surface area (Å²) in [5.74, 6) is -0.579. The van der Waals surface area contributed by atoms with Crippen molar-refractivity contribution < 1.29 is 19.4 Å². The van der Waals surface area contributed by atoms with Crippen LogP contribution in [0, 0.1) is 17.1 Å². The van der Waals surface area contributed by atoms with Crippen LogP contribution in [0.5, 0.6) is 0 Å². The van der Waals surface area contributed by atoms with Gasteiger partial charge < -0.3 is 25.0 Å². The van der Waals surface area contributed by atoms with Crippen LogP contribution in [0.4, 0.5) is 15.8 Å². The highest BCUT2D eigenvalue weighted by Gasteiger charge is 2.26. The smallest absolute Gasteiger partial charge is 0.257 e. The molecule has 3 N–H and O–H groups in total. The number of benzene rings is 2. The number of carbonyl (C=O) groups excluding carboxylic acids is 1. The first-order valence-corrected chi connectivity index (χ1v) is 12.0. The summed E-state index contributed by atoms with van der Waals surface area (Å²) in [4.78, 5) is 17.6. The Kier molecular flexibility index (Phi) is 8.00. The first kappa shape index (κ1) is 25.4. The maximum Gasteiger partial charge on any atom is 0.257 e. The minimum Gasteiger partial charge on any atom is -0.412 e. The number of nitrogens with one attached hydrogen (secondary N) is 1. The van der Waals surface area contributed by atoms with Gasteiger partial charge in [-0.05, 0) is 61.4 Å². The Bertz CT molecular complexity index is 1220. The summed E-state index contributed by atoms with van der Waals surface area (Å²) in [5.41, 5.74) is 3.26. The van der Waals surface area contributed by atoms with Gasteiger partial charge in [-0.3, -0.25) is 9.69 Å². The summed E-state index contributed by atoms with van der Waals surface area (Å²) in [7, 11) is 0. The van der Waals surface area contributed by atoms with Gasteiger partial charge in [0.05, 0.1) is 16.8 Å². The number of nitrogens with zero attached hydrogens (tertiary/aromatic N) is 4.